The van der Waals surface area contributed by atoms with Crippen LogP contribution >= 0.6 is 0 Å². The van der Waals surface area contributed by atoms with Crippen LogP contribution in [0.25, 0.3) is 22.3 Å². The van der Waals surface area contributed by atoms with Crippen LogP contribution in [-0.2, 0) is 0 Å². The molecule has 0 fully saturated rings. The molecule has 12 nitrogen and oxygen atoms in total. The number of benzene rings is 12. The molecule has 0 bridgehead atoms. The molecule has 0 amide bonds. The van der Waals surface area contributed by atoms with E-state index in [1.54, 1.807) is 56.9 Å². The smallest absolute Gasteiger partial charge is 0.119 e. The monoisotopic (exact) mass is 1230 g/mol. The van der Waals surface area contributed by atoms with Crippen molar-refractivity contribution in [2.75, 3.05) is 76.5 Å². The first-order valence-electron chi connectivity index (χ1n) is 30.6. The van der Waals surface area contributed by atoms with Gasteiger partial charge in [0.05, 0.1) is 56.9 Å². The first kappa shape index (κ1) is 60.2. The van der Waals surface area contributed by atoms with Gasteiger partial charge < -0.3 is 57.5 Å². The molecule has 1 aliphatic carbocycles. The zero-order valence-electron chi connectivity index (χ0n) is 53.1. The lowest BCUT2D eigenvalue weighted by Crippen LogP contribution is -2.13. The second kappa shape index (κ2) is 26.7. The Hall–Kier alpha value is -11.8. The summed E-state index contributed by atoms with van der Waals surface area (Å²) < 4.78 is 45.5. The average Bonchev–Trinajstić information content (AvgIpc) is 1.61. The fourth-order valence-electron chi connectivity index (χ4n) is 12.5. The maximum atomic E-state index is 5.73. The molecular formula is C81H70N4O8. The van der Waals surface area contributed by atoms with Crippen LogP contribution in [-0.4, -0.2) is 56.9 Å². The molecule has 93 heavy (non-hydrogen) atoms. The molecule has 0 aromatic heterocycles. The molecule has 0 radical (unpaired) electrons. The lowest BCUT2D eigenvalue weighted by molar-refractivity contribution is 0.414. The Morgan fingerprint density at radius 3 is 0.548 bits per heavy atom. The highest BCUT2D eigenvalue weighted by molar-refractivity contribution is 5.92. The van der Waals surface area contributed by atoms with Crippen LogP contribution in [0.15, 0.2) is 273 Å². The summed E-state index contributed by atoms with van der Waals surface area (Å²) in [5.41, 5.74) is 19.2. The van der Waals surface area contributed by atoms with Crippen LogP contribution in [0, 0.1) is 0 Å². The third-order valence-electron chi connectivity index (χ3n) is 17.2. The highest BCUT2D eigenvalue weighted by Gasteiger charge is 2.35. The SMILES string of the molecule is COc1ccc(N(c2ccc(OC)cc2)c2ccc(-c3ccc(N(c4ccc(OC)cc4)c4ccc(OC)cc4)cc3C3c4cc(N(c5ccc(OC)cc5)c5ccc(OC)cc5)ccc4-c4ccc(N(c5ccc(OC)cc5)c5ccc(OC)cc5)cc43)cc2)cc1. The van der Waals surface area contributed by atoms with Gasteiger partial charge >= 0.3 is 0 Å². The van der Waals surface area contributed by atoms with E-state index < -0.39 is 0 Å². The molecule has 0 saturated carbocycles. The average molecular weight is 1230 g/mol. The molecule has 12 heteroatoms. The molecule has 12 aromatic rings. The van der Waals surface area contributed by atoms with Crippen LogP contribution in [0.5, 0.6) is 46.0 Å². The molecule has 0 heterocycles. The minimum absolute atomic E-state index is 0.352. The molecule has 0 N–H and O–H groups in total. The van der Waals surface area contributed by atoms with Crippen LogP contribution in [0.3, 0.4) is 0 Å². The van der Waals surface area contributed by atoms with Crippen molar-refractivity contribution >= 4 is 68.2 Å². The van der Waals surface area contributed by atoms with Crippen molar-refractivity contribution in [3.8, 4) is 68.2 Å². The fourth-order valence-corrected chi connectivity index (χ4v) is 12.5. The minimum Gasteiger partial charge on any atom is -0.497 e. The number of fused-ring (bicyclic) bond motifs is 3. The van der Waals surface area contributed by atoms with E-state index in [0.29, 0.717) is 0 Å². The summed E-state index contributed by atoms with van der Waals surface area (Å²) in [5.74, 6) is 5.76. The standard InChI is InChI=1S/C81H70N4O8/c1-86-67-32-13-56(14-33-67)82(57-15-34-68(87-2)35-16-57)55-11-9-54(10-12-55)75-48-29-64(83(58-17-36-69(88-3)37-18-58)59-19-38-70(89-4)39-20-59)51-78(75)81-79-52-65(84(60-21-40-71(90-5)41-22-60)61-23-42-72(91-6)43-24-61)30-49-76(79)77-50-31-66(53-80(77)81)85(62-25-44-73(92-7)45-26-62)63-27-46-74(93-8)47-28-63/h9-53,81H,1-8H3. The summed E-state index contributed by atoms with van der Waals surface area (Å²) in [6.07, 6.45) is 0. The van der Waals surface area contributed by atoms with Crippen molar-refractivity contribution in [2.24, 2.45) is 0 Å². The molecule has 0 aliphatic heterocycles. The van der Waals surface area contributed by atoms with Gasteiger partial charge in [-0.2, -0.15) is 0 Å². The van der Waals surface area contributed by atoms with E-state index in [0.717, 1.165) is 153 Å². The third kappa shape index (κ3) is 12.1. The summed E-state index contributed by atoms with van der Waals surface area (Å²) >= 11 is 0. The summed E-state index contributed by atoms with van der Waals surface area (Å²) in [6.45, 7) is 0. The Morgan fingerprint density at radius 2 is 0.344 bits per heavy atom. The van der Waals surface area contributed by atoms with Gasteiger partial charge in [-0.15, -0.1) is 0 Å². The van der Waals surface area contributed by atoms with Gasteiger partial charge in [0.1, 0.15) is 46.0 Å². The molecule has 1 aliphatic rings. The maximum absolute atomic E-state index is 5.73. The minimum atomic E-state index is -0.352. The Bertz CT molecular complexity index is 4170. The van der Waals surface area contributed by atoms with Gasteiger partial charge in [-0.05, 0) is 282 Å². The zero-order chi connectivity index (χ0) is 64.0. The van der Waals surface area contributed by atoms with E-state index in [1.807, 2.05) is 97.1 Å². The molecule has 12 aromatic carbocycles. The Balaban J connectivity index is 1.07. The number of methoxy groups -OCH3 is 8. The number of hydrogen-bond acceptors (Lipinski definition) is 12. The molecule has 462 valence electrons. The van der Waals surface area contributed by atoms with Gasteiger partial charge in [-0.25, -0.2) is 0 Å². The third-order valence-corrected chi connectivity index (χ3v) is 17.2. The second-order valence-corrected chi connectivity index (χ2v) is 22.2. The Kier molecular flexibility index (Phi) is 17.3. The Morgan fingerprint density at radius 1 is 0.183 bits per heavy atom. The number of rotatable bonds is 22. The van der Waals surface area contributed by atoms with Crippen molar-refractivity contribution in [3.63, 3.8) is 0 Å². The van der Waals surface area contributed by atoms with Crippen LogP contribution < -0.4 is 57.5 Å². The van der Waals surface area contributed by atoms with E-state index in [-0.39, 0.29) is 5.92 Å². The number of nitrogens with zero attached hydrogens (tertiary/aromatic N) is 4. The summed E-state index contributed by atoms with van der Waals surface area (Å²) in [5, 5.41) is 0. The van der Waals surface area contributed by atoms with Gasteiger partial charge in [0.25, 0.3) is 0 Å². The van der Waals surface area contributed by atoms with Gasteiger partial charge in [-0.1, -0.05) is 30.3 Å². The molecule has 0 saturated heterocycles. The van der Waals surface area contributed by atoms with Gasteiger partial charge in [0.2, 0.25) is 0 Å². The second-order valence-electron chi connectivity index (χ2n) is 22.2. The van der Waals surface area contributed by atoms with Crippen molar-refractivity contribution in [2.45, 2.75) is 5.92 Å². The largest absolute Gasteiger partial charge is 0.497 e. The lowest BCUT2D eigenvalue weighted by atomic mass is 9.83. The molecule has 0 unspecified atom stereocenters. The topological polar surface area (TPSA) is 86.8 Å². The van der Waals surface area contributed by atoms with E-state index in [4.69, 9.17) is 37.9 Å². The maximum Gasteiger partial charge on any atom is 0.119 e. The Labute approximate surface area is 543 Å². The van der Waals surface area contributed by atoms with Gasteiger partial charge in [0, 0.05) is 74.2 Å². The van der Waals surface area contributed by atoms with Crippen LogP contribution in [0.2, 0.25) is 0 Å². The van der Waals surface area contributed by atoms with Crippen molar-refractivity contribution in [1.82, 2.24) is 0 Å². The van der Waals surface area contributed by atoms with Crippen molar-refractivity contribution in [3.05, 3.63) is 290 Å². The summed E-state index contributed by atoms with van der Waals surface area (Å²) in [6, 6.07) is 95.2. The predicted molar refractivity (Wildman–Crippen MR) is 376 cm³/mol. The van der Waals surface area contributed by atoms with Crippen LogP contribution in [0.1, 0.15) is 22.6 Å². The van der Waals surface area contributed by atoms with Crippen LogP contribution in [0.4, 0.5) is 68.2 Å². The zero-order valence-corrected chi connectivity index (χ0v) is 53.1. The van der Waals surface area contributed by atoms with Gasteiger partial charge in [-0.3, -0.25) is 0 Å². The molecule has 0 atom stereocenters. The van der Waals surface area contributed by atoms with E-state index in [2.05, 4.69) is 196 Å². The fraction of sp³-hybridized carbons (Fsp3) is 0.111. The molecule has 13 rings (SSSR count). The number of ether oxygens (including phenoxy) is 8. The first-order chi connectivity index (χ1) is 45.7. The molecular weight excluding hydrogens is 1160 g/mol. The highest BCUT2D eigenvalue weighted by Crippen LogP contribution is 2.55. The van der Waals surface area contributed by atoms with Crippen molar-refractivity contribution in [1.29, 1.82) is 0 Å². The van der Waals surface area contributed by atoms with E-state index in [9.17, 15) is 0 Å². The van der Waals surface area contributed by atoms with E-state index >= 15 is 0 Å². The summed E-state index contributed by atoms with van der Waals surface area (Å²) in [7, 11) is 13.5. The first-order valence-corrected chi connectivity index (χ1v) is 30.6. The predicted octanol–water partition coefficient (Wildman–Crippen LogP) is 20.5. The highest BCUT2D eigenvalue weighted by atomic mass is 16.5. The number of anilines is 12. The normalized spacial score (nSPS) is 11.4. The number of hydrogen-bond donors (Lipinski definition) is 0. The summed E-state index contributed by atoms with van der Waals surface area (Å²) in [4.78, 5) is 9.13. The van der Waals surface area contributed by atoms with Crippen molar-refractivity contribution < 1.29 is 37.9 Å². The lowest BCUT2D eigenvalue weighted by Gasteiger charge is -2.30. The van der Waals surface area contributed by atoms with E-state index in [1.165, 1.54) is 0 Å². The van der Waals surface area contributed by atoms with Gasteiger partial charge in [0.15, 0.2) is 0 Å². The quantitative estimate of drug-likeness (QED) is 0.0648. The molecule has 0 spiro atoms.